The second-order valence-corrected chi connectivity index (χ2v) is 6.71. The zero-order valence-corrected chi connectivity index (χ0v) is 17.0. The number of rotatable bonds is 4. The smallest absolute Gasteiger partial charge is 0.337 e. The minimum absolute atomic E-state index is 0. The molecule has 0 unspecified atom stereocenters. The normalized spacial score (nSPS) is 14.0. The van der Waals surface area contributed by atoms with Gasteiger partial charge in [-0.05, 0) is 62.7 Å². The number of ether oxygens (including phenoxy) is 1. The monoisotopic (exact) mass is 423 g/mol. The van der Waals surface area contributed by atoms with Crippen molar-refractivity contribution in [1.82, 2.24) is 9.88 Å². The number of aromatic nitrogens is 1. The molecule has 0 radical (unpaired) electrons. The van der Waals surface area contributed by atoms with E-state index in [2.05, 4.69) is 15.4 Å². The maximum absolute atomic E-state index is 14.1. The van der Waals surface area contributed by atoms with Crippen molar-refractivity contribution in [2.75, 3.05) is 25.5 Å². The molecule has 0 spiro atoms. The van der Waals surface area contributed by atoms with Crippen LogP contribution in [0, 0.1) is 12.7 Å². The molecule has 0 saturated carbocycles. The first-order chi connectivity index (χ1) is 13.4. The molecule has 1 fully saturated rings. The maximum atomic E-state index is 14.1. The van der Waals surface area contributed by atoms with E-state index < -0.39 is 23.3 Å². The molecule has 0 aliphatic carbocycles. The highest BCUT2D eigenvalue weighted by atomic mass is 35.5. The predicted molar refractivity (Wildman–Crippen MR) is 110 cm³/mol. The van der Waals surface area contributed by atoms with Gasteiger partial charge < -0.3 is 19.9 Å². The number of pyridine rings is 1. The molecule has 1 aromatic carbocycles. The summed E-state index contributed by atoms with van der Waals surface area (Å²) in [6, 6.07) is 5.23. The highest BCUT2D eigenvalue weighted by Crippen LogP contribution is 2.20. The summed E-state index contributed by atoms with van der Waals surface area (Å²) in [5.41, 5.74) is -0.0462. The number of carbonyl (C=O) groups is 2. The van der Waals surface area contributed by atoms with E-state index in [0.717, 1.165) is 32.0 Å². The molecule has 1 amide bonds. The summed E-state index contributed by atoms with van der Waals surface area (Å²) in [5, 5.41) is 5.65. The van der Waals surface area contributed by atoms with Crippen LogP contribution in [0.5, 0.6) is 0 Å². The summed E-state index contributed by atoms with van der Waals surface area (Å²) in [4.78, 5) is 37.4. The van der Waals surface area contributed by atoms with Crippen LogP contribution in [0.25, 0.3) is 0 Å². The van der Waals surface area contributed by atoms with Gasteiger partial charge in [-0.2, -0.15) is 0 Å². The number of hydrogen-bond acceptors (Lipinski definition) is 5. The number of amides is 1. The van der Waals surface area contributed by atoms with Crippen LogP contribution in [0.3, 0.4) is 0 Å². The average Bonchev–Trinajstić information content (AvgIpc) is 2.70. The van der Waals surface area contributed by atoms with Crippen molar-refractivity contribution in [2.45, 2.75) is 25.8 Å². The molecule has 156 valence electrons. The highest BCUT2D eigenvalue weighted by molar-refractivity contribution is 6.05. The van der Waals surface area contributed by atoms with Gasteiger partial charge in [0, 0.05) is 12.2 Å². The number of carbonyl (C=O) groups excluding carboxylic acids is 2. The molecule has 2 heterocycles. The molecule has 29 heavy (non-hydrogen) atoms. The molecule has 1 aromatic heterocycles. The van der Waals surface area contributed by atoms with E-state index in [-0.39, 0.29) is 35.3 Å². The number of hydrogen-bond donors (Lipinski definition) is 2. The first-order valence-corrected chi connectivity index (χ1v) is 9.04. The topological polar surface area (TPSA) is 89.4 Å². The van der Waals surface area contributed by atoms with Crippen LogP contribution in [0.2, 0.25) is 0 Å². The number of anilines is 1. The summed E-state index contributed by atoms with van der Waals surface area (Å²) >= 11 is 0. The van der Waals surface area contributed by atoms with Crippen LogP contribution in [0.4, 0.5) is 10.1 Å². The third kappa shape index (κ3) is 4.83. The number of esters is 1. The van der Waals surface area contributed by atoms with E-state index >= 15 is 0 Å². The standard InChI is InChI=1S/C20H22FN3O4.ClH/c1-12-7-10-24(14-5-8-22-9-6-14)19(26)17(12)18(25)23-16-11-13(20(27)28-2)3-4-15(16)21;/h3-4,7,10-11,14,22H,5-6,8-9H2,1-2H3,(H,23,25);1H. The Bertz CT molecular complexity index is 971. The van der Waals surface area contributed by atoms with Crippen molar-refractivity contribution >= 4 is 30.0 Å². The Morgan fingerprint density at radius 3 is 2.59 bits per heavy atom. The quantitative estimate of drug-likeness (QED) is 0.738. The van der Waals surface area contributed by atoms with Gasteiger partial charge in [-0.1, -0.05) is 0 Å². The fourth-order valence-corrected chi connectivity index (χ4v) is 3.34. The zero-order valence-electron chi connectivity index (χ0n) is 16.2. The Labute approximate surface area is 173 Å². The summed E-state index contributed by atoms with van der Waals surface area (Å²) in [7, 11) is 1.21. The minimum Gasteiger partial charge on any atom is -0.465 e. The Hall–Kier alpha value is -2.71. The molecular formula is C20H23ClFN3O4. The number of halogens is 2. The van der Waals surface area contributed by atoms with Crippen LogP contribution < -0.4 is 16.2 Å². The molecule has 7 nitrogen and oxygen atoms in total. The molecule has 2 N–H and O–H groups in total. The lowest BCUT2D eigenvalue weighted by Gasteiger charge is -2.25. The van der Waals surface area contributed by atoms with Gasteiger partial charge in [-0.15, -0.1) is 12.4 Å². The van der Waals surface area contributed by atoms with E-state index in [1.54, 1.807) is 23.8 Å². The van der Waals surface area contributed by atoms with Gasteiger partial charge in [0.05, 0.1) is 18.4 Å². The average molecular weight is 424 g/mol. The van der Waals surface area contributed by atoms with Crippen molar-refractivity contribution in [3.8, 4) is 0 Å². The summed E-state index contributed by atoms with van der Waals surface area (Å²) < 4.78 is 20.3. The van der Waals surface area contributed by atoms with Crippen molar-refractivity contribution < 1.29 is 18.7 Å². The number of benzene rings is 1. The first kappa shape index (κ1) is 22.6. The number of nitrogens with zero attached hydrogens (tertiary/aromatic N) is 1. The van der Waals surface area contributed by atoms with Gasteiger partial charge in [-0.25, -0.2) is 9.18 Å². The van der Waals surface area contributed by atoms with Crippen molar-refractivity contribution in [1.29, 1.82) is 0 Å². The first-order valence-electron chi connectivity index (χ1n) is 9.04. The molecular weight excluding hydrogens is 401 g/mol. The maximum Gasteiger partial charge on any atom is 0.337 e. The zero-order chi connectivity index (χ0) is 20.3. The van der Waals surface area contributed by atoms with E-state index in [1.807, 2.05) is 0 Å². The van der Waals surface area contributed by atoms with Crippen molar-refractivity contribution in [2.24, 2.45) is 0 Å². The summed E-state index contributed by atoms with van der Waals surface area (Å²) in [6.45, 7) is 3.26. The third-order valence-corrected chi connectivity index (χ3v) is 4.89. The molecule has 2 aromatic rings. The van der Waals surface area contributed by atoms with E-state index in [0.29, 0.717) is 5.56 Å². The molecule has 3 rings (SSSR count). The van der Waals surface area contributed by atoms with Crippen LogP contribution in [0.1, 0.15) is 45.2 Å². The van der Waals surface area contributed by atoms with Crippen LogP contribution in [0.15, 0.2) is 35.3 Å². The van der Waals surface area contributed by atoms with Gasteiger partial charge in [0.2, 0.25) is 0 Å². The van der Waals surface area contributed by atoms with E-state index in [9.17, 15) is 18.8 Å². The lowest BCUT2D eigenvalue weighted by atomic mass is 10.0. The van der Waals surface area contributed by atoms with Gasteiger partial charge >= 0.3 is 5.97 Å². The molecule has 9 heteroatoms. The lowest BCUT2D eigenvalue weighted by molar-refractivity contribution is 0.0600. The van der Waals surface area contributed by atoms with Crippen molar-refractivity contribution in [3.63, 3.8) is 0 Å². The van der Waals surface area contributed by atoms with Gasteiger partial charge in [-0.3, -0.25) is 9.59 Å². The SMILES string of the molecule is COC(=O)c1ccc(F)c(NC(=O)c2c(C)ccn(C3CCNCC3)c2=O)c1.Cl. The fraction of sp³-hybridized carbons (Fsp3) is 0.350. The van der Waals surface area contributed by atoms with Crippen LogP contribution >= 0.6 is 12.4 Å². The van der Waals surface area contributed by atoms with Gasteiger partial charge in [0.25, 0.3) is 11.5 Å². The molecule has 0 atom stereocenters. The Kier molecular flexibility index (Phi) is 7.53. The lowest BCUT2D eigenvalue weighted by Crippen LogP contribution is -2.37. The molecule has 1 saturated heterocycles. The van der Waals surface area contributed by atoms with Crippen LogP contribution in [-0.2, 0) is 4.74 Å². The van der Waals surface area contributed by atoms with Gasteiger partial charge in [0.15, 0.2) is 0 Å². The number of nitrogens with one attached hydrogen (secondary N) is 2. The largest absolute Gasteiger partial charge is 0.465 e. The summed E-state index contributed by atoms with van der Waals surface area (Å²) in [5.74, 6) is -2.08. The predicted octanol–water partition coefficient (Wildman–Crippen LogP) is 2.68. The highest BCUT2D eigenvalue weighted by Gasteiger charge is 2.22. The van der Waals surface area contributed by atoms with Crippen molar-refractivity contribution in [3.05, 3.63) is 63.3 Å². The number of methoxy groups -OCH3 is 1. The van der Waals surface area contributed by atoms with E-state index in [4.69, 9.17) is 0 Å². The third-order valence-electron chi connectivity index (χ3n) is 4.89. The molecule has 1 aliphatic rings. The Morgan fingerprint density at radius 2 is 1.93 bits per heavy atom. The summed E-state index contributed by atoms with van der Waals surface area (Å²) in [6.07, 6.45) is 3.28. The minimum atomic E-state index is -0.716. The fourth-order valence-electron chi connectivity index (χ4n) is 3.34. The Balaban J connectivity index is 0.00000300. The second-order valence-electron chi connectivity index (χ2n) is 6.71. The number of piperidine rings is 1. The van der Waals surface area contributed by atoms with Crippen LogP contribution in [-0.4, -0.2) is 36.6 Å². The molecule has 1 aliphatic heterocycles. The Morgan fingerprint density at radius 1 is 1.24 bits per heavy atom. The van der Waals surface area contributed by atoms with E-state index in [1.165, 1.54) is 19.2 Å². The second kappa shape index (κ2) is 9.67. The molecule has 0 bridgehead atoms. The van der Waals surface area contributed by atoms with Gasteiger partial charge in [0.1, 0.15) is 11.4 Å². The number of aryl methyl sites for hydroxylation is 1.